The van der Waals surface area contributed by atoms with Crippen LogP contribution in [-0.4, -0.2) is 9.55 Å². The Morgan fingerprint density at radius 3 is 2.50 bits per heavy atom. The zero-order valence-electron chi connectivity index (χ0n) is 10.8. The van der Waals surface area contributed by atoms with E-state index in [9.17, 15) is 0 Å². The molecule has 2 heterocycles. The van der Waals surface area contributed by atoms with Gasteiger partial charge in [-0.05, 0) is 37.0 Å². The maximum atomic E-state index is 4.57. The zero-order chi connectivity index (χ0) is 11.9. The van der Waals surface area contributed by atoms with Gasteiger partial charge in [-0.2, -0.15) is 0 Å². The van der Waals surface area contributed by atoms with Crippen LogP contribution in [0.3, 0.4) is 0 Å². The Morgan fingerprint density at radius 2 is 1.94 bits per heavy atom. The predicted octanol–water partition coefficient (Wildman–Crippen LogP) is 3.87. The summed E-state index contributed by atoms with van der Waals surface area (Å²) in [5.74, 6) is 1.10. The Bertz CT molecular complexity index is 460. The first-order chi connectivity index (χ1) is 7.41. The van der Waals surface area contributed by atoms with Crippen LogP contribution < -0.4 is 0 Å². The standard InChI is InChI=1S/C14H20N2/c1-10(2)16-8-6-7-11-12(14(3,4)5)9-15-13(11)16/h6-10H,1-5H3. The molecule has 0 fully saturated rings. The monoisotopic (exact) mass is 216 g/mol. The second kappa shape index (κ2) is 3.62. The van der Waals surface area contributed by atoms with E-state index < -0.39 is 0 Å². The first-order valence-corrected chi connectivity index (χ1v) is 5.87. The summed E-state index contributed by atoms with van der Waals surface area (Å²) in [5, 5.41) is 0. The van der Waals surface area contributed by atoms with E-state index in [0.717, 1.165) is 5.82 Å². The molecular weight excluding hydrogens is 196 g/mol. The summed E-state index contributed by atoms with van der Waals surface area (Å²) >= 11 is 0. The molecule has 0 saturated carbocycles. The highest BCUT2D eigenvalue weighted by Crippen LogP contribution is 2.34. The van der Waals surface area contributed by atoms with Crippen LogP contribution in [0.1, 0.15) is 46.2 Å². The van der Waals surface area contributed by atoms with Gasteiger partial charge in [0.15, 0.2) is 0 Å². The second-order valence-electron chi connectivity index (χ2n) is 5.67. The number of aromatic nitrogens is 2. The fraction of sp³-hybridized carbons (Fsp3) is 0.500. The van der Waals surface area contributed by atoms with Crippen molar-refractivity contribution >= 4 is 0 Å². The lowest BCUT2D eigenvalue weighted by atomic mass is 9.86. The van der Waals surface area contributed by atoms with E-state index in [1.54, 1.807) is 0 Å². The molecule has 16 heavy (non-hydrogen) atoms. The summed E-state index contributed by atoms with van der Waals surface area (Å²) in [4.78, 5) is 4.57. The molecule has 0 aliphatic carbocycles. The normalized spacial score (nSPS) is 12.6. The van der Waals surface area contributed by atoms with Gasteiger partial charge in [0.1, 0.15) is 5.82 Å². The number of pyridine rings is 1. The van der Waals surface area contributed by atoms with E-state index in [1.165, 1.54) is 11.1 Å². The maximum Gasteiger partial charge on any atom is 0.140 e. The number of hydrogen-bond acceptors (Lipinski definition) is 1. The smallest absolute Gasteiger partial charge is 0.140 e. The minimum Gasteiger partial charge on any atom is -0.330 e. The van der Waals surface area contributed by atoms with Crippen LogP contribution in [0.5, 0.6) is 0 Å². The molecule has 86 valence electrons. The van der Waals surface area contributed by atoms with Gasteiger partial charge in [-0.3, -0.25) is 0 Å². The summed E-state index contributed by atoms with van der Waals surface area (Å²) in [6.45, 7) is 11.1. The van der Waals surface area contributed by atoms with Crippen molar-refractivity contribution in [3.8, 4) is 11.4 Å². The first-order valence-electron chi connectivity index (χ1n) is 5.87. The van der Waals surface area contributed by atoms with E-state index in [0.29, 0.717) is 6.04 Å². The van der Waals surface area contributed by atoms with Crippen molar-refractivity contribution in [2.75, 3.05) is 0 Å². The molecule has 2 nitrogen and oxygen atoms in total. The van der Waals surface area contributed by atoms with E-state index in [4.69, 9.17) is 0 Å². The summed E-state index contributed by atoms with van der Waals surface area (Å²) in [5.41, 5.74) is 2.77. The Kier molecular flexibility index (Phi) is 2.53. The minimum atomic E-state index is 0.158. The second-order valence-corrected chi connectivity index (χ2v) is 5.67. The Hall–Kier alpha value is -1.31. The molecule has 0 atom stereocenters. The molecule has 2 aliphatic rings. The summed E-state index contributed by atoms with van der Waals surface area (Å²) in [6, 6.07) is 4.73. The molecular formula is C14H20N2. The van der Waals surface area contributed by atoms with Crippen molar-refractivity contribution < 1.29 is 0 Å². The molecule has 0 unspecified atom stereocenters. The fourth-order valence-corrected chi connectivity index (χ4v) is 2.07. The van der Waals surface area contributed by atoms with Gasteiger partial charge < -0.3 is 4.57 Å². The van der Waals surface area contributed by atoms with Crippen molar-refractivity contribution in [3.63, 3.8) is 0 Å². The van der Waals surface area contributed by atoms with Crippen molar-refractivity contribution in [1.82, 2.24) is 9.55 Å². The number of rotatable bonds is 1. The van der Waals surface area contributed by atoms with Crippen LogP contribution in [-0.2, 0) is 5.41 Å². The third kappa shape index (κ3) is 1.73. The molecule has 2 heteroatoms. The first kappa shape index (κ1) is 11.2. The lowest BCUT2D eigenvalue weighted by Crippen LogP contribution is -2.12. The molecule has 0 aromatic heterocycles. The van der Waals surface area contributed by atoms with E-state index >= 15 is 0 Å². The maximum absolute atomic E-state index is 4.57. The highest BCUT2D eigenvalue weighted by molar-refractivity contribution is 5.64. The van der Waals surface area contributed by atoms with Gasteiger partial charge in [-0.1, -0.05) is 20.8 Å². The van der Waals surface area contributed by atoms with Gasteiger partial charge in [-0.15, -0.1) is 0 Å². The van der Waals surface area contributed by atoms with Gasteiger partial charge in [0.25, 0.3) is 0 Å². The minimum absolute atomic E-state index is 0.158. The van der Waals surface area contributed by atoms with Crippen molar-refractivity contribution in [3.05, 3.63) is 30.1 Å². The molecule has 0 spiro atoms. The van der Waals surface area contributed by atoms with Crippen LogP contribution >= 0.6 is 0 Å². The van der Waals surface area contributed by atoms with E-state index in [1.807, 2.05) is 6.20 Å². The number of nitrogens with zero attached hydrogens (tertiary/aromatic N) is 2. The van der Waals surface area contributed by atoms with Gasteiger partial charge in [0.2, 0.25) is 0 Å². The van der Waals surface area contributed by atoms with Crippen LogP contribution in [0.15, 0.2) is 24.5 Å². The highest BCUT2D eigenvalue weighted by Gasteiger charge is 2.23. The third-order valence-electron chi connectivity index (χ3n) is 2.97. The lowest BCUT2D eigenvalue weighted by molar-refractivity contribution is 0.586. The number of hydrogen-bond donors (Lipinski definition) is 0. The molecule has 0 aromatic carbocycles. The third-order valence-corrected chi connectivity index (χ3v) is 2.97. The van der Waals surface area contributed by atoms with Gasteiger partial charge in [0, 0.05) is 24.0 Å². The average Bonchev–Trinajstić information content (AvgIpc) is 2.59. The molecule has 2 rings (SSSR count). The average molecular weight is 216 g/mol. The van der Waals surface area contributed by atoms with Gasteiger partial charge in [-0.25, -0.2) is 4.98 Å². The topological polar surface area (TPSA) is 17.8 Å². The number of fused-ring (bicyclic) bond motifs is 1. The SMILES string of the molecule is CC(C)n1cccc2c(C(C)(C)C)cnc1-2. The molecule has 0 saturated heterocycles. The molecule has 0 N–H and O–H groups in total. The van der Waals surface area contributed by atoms with Crippen molar-refractivity contribution in [1.29, 1.82) is 0 Å². The van der Waals surface area contributed by atoms with Crippen molar-refractivity contribution in [2.24, 2.45) is 0 Å². The molecule has 0 bridgehead atoms. The van der Waals surface area contributed by atoms with Crippen LogP contribution in [0.2, 0.25) is 0 Å². The molecule has 0 amide bonds. The van der Waals surface area contributed by atoms with Crippen LogP contribution in [0, 0.1) is 0 Å². The summed E-state index contributed by atoms with van der Waals surface area (Å²) in [7, 11) is 0. The fourth-order valence-electron chi connectivity index (χ4n) is 2.07. The van der Waals surface area contributed by atoms with Crippen LogP contribution in [0.4, 0.5) is 0 Å². The van der Waals surface area contributed by atoms with Gasteiger partial charge in [0.05, 0.1) is 0 Å². The van der Waals surface area contributed by atoms with Crippen LogP contribution in [0.25, 0.3) is 11.4 Å². The Morgan fingerprint density at radius 1 is 1.25 bits per heavy atom. The van der Waals surface area contributed by atoms with Gasteiger partial charge >= 0.3 is 0 Å². The largest absolute Gasteiger partial charge is 0.330 e. The summed E-state index contributed by atoms with van der Waals surface area (Å²) < 4.78 is 2.23. The van der Waals surface area contributed by atoms with E-state index in [2.05, 4.69) is 62.5 Å². The highest BCUT2D eigenvalue weighted by atomic mass is 15.1. The predicted molar refractivity (Wildman–Crippen MR) is 67.9 cm³/mol. The molecule has 2 aliphatic heterocycles. The Labute approximate surface area is 97.7 Å². The molecule has 0 radical (unpaired) electrons. The Balaban J connectivity index is 2.60. The summed E-state index contributed by atoms with van der Waals surface area (Å²) in [6.07, 6.45) is 4.12. The molecule has 0 aromatic rings. The van der Waals surface area contributed by atoms with Crippen molar-refractivity contribution in [2.45, 2.75) is 46.1 Å². The quantitative estimate of drug-likeness (QED) is 0.707. The zero-order valence-corrected chi connectivity index (χ0v) is 10.8. The van der Waals surface area contributed by atoms with E-state index in [-0.39, 0.29) is 5.41 Å². The lowest BCUT2D eigenvalue weighted by Gasteiger charge is -2.20.